The minimum absolute atomic E-state index is 0.0303. The van der Waals surface area contributed by atoms with Crippen LogP contribution < -0.4 is 14.8 Å². The number of nitrogens with one attached hydrogen (secondary N) is 1. The van der Waals surface area contributed by atoms with Gasteiger partial charge in [-0.2, -0.15) is 0 Å². The Labute approximate surface area is 255 Å². The van der Waals surface area contributed by atoms with E-state index in [2.05, 4.69) is 10.3 Å². The number of carbonyl (C=O) groups excluding carboxylic acids is 2. The molecule has 0 unspecified atom stereocenters. The van der Waals surface area contributed by atoms with Crippen LogP contribution in [-0.2, 0) is 15.8 Å². The average molecular weight is 598 g/mol. The van der Waals surface area contributed by atoms with Gasteiger partial charge < -0.3 is 19.9 Å². The number of methoxy groups -OCH3 is 1. The van der Waals surface area contributed by atoms with Gasteiger partial charge in [0.1, 0.15) is 46.1 Å². The molecule has 228 valence electrons. The summed E-state index contributed by atoms with van der Waals surface area (Å²) in [5, 5.41) is 15.8. The van der Waals surface area contributed by atoms with Gasteiger partial charge in [-0.3, -0.25) is 14.6 Å². The van der Waals surface area contributed by atoms with Crippen molar-refractivity contribution in [2.45, 2.75) is 69.4 Å². The summed E-state index contributed by atoms with van der Waals surface area (Å²) in [4.78, 5) is 36.2. The van der Waals surface area contributed by atoms with Crippen molar-refractivity contribution >= 4 is 22.6 Å². The molecule has 9 heteroatoms. The van der Waals surface area contributed by atoms with Gasteiger partial charge in [0.15, 0.2) is 5.78 Å². The number of ether oxygens (including phenoxy) is 2. The summed E-state index contributed by atoms with van der Waals surface area (Å²) in [6.45, 7) is 3.56. The number of aliphatic hydroxyl groups is 1. The van der Waals surface area contributed by atoms with Gasteiger partial charge in [-0.1, -0.05) is 18.9 Å². The number of nitrogens with zero attached hydrogens (tertiary/aromatic N) is 2. The lowest BCUT2D eigenvalue weighted by molar-refractivity contribution is -0.127. The van der Waals surface area contributed by atoms with E-state index in [1.807, 2.05) is 13.0 Å². The molecule has 4 aromatic rings. The van der Waals surface area contributed by atoms with Gasteiger partial charge in [0, 0.05) is 40.7 Å². The maximum atomic E-state index is 13.8. The van der Waals surface area contributed by atoms with E-state index >= 15 is 0 Å². The summed E-state index contributed by atoms with van der Waals surface area (Å²) >= 11 is 0. The second kappa shape index (κ2) is 11.6. The van der Waals surface area contributed by atoms with Crippen molar-refractivity contribution in [1.82, 2.24) is 15.3 Å². The second-order valence-corrected chi connectivity index (χ2v) is 12.3. The van der Waals surface area contributed by atoms with E-state index in [0.29, 0.717) is 45.1 Å². The molecule has 1 fully saturated rings. The molecule has 8 nitrogen and oxygen atoms in total. The molecule has 1 amide bonds. The molecule has 3 heterocycles. The summed E-state index contributed by atoms with van der Waals surface area (Å²) in [5.74, 6) is 0.235. The zero-order valence-corrected chi connectivity index (χ0v) is 25.2. The van der Waals surface area contributed by atoms with E-state index in [0.717, 1.165) is 31.1 Å². The number of carbonyl (C=O) groups is 2. The molecule has 0 spiro atoms. The van der Waals surface area contributed by atoms with Crippen LogP contribution in [0.25, 0.3) is 22.2 Å². The van der Waals surface area contributed by atoms with Crippen molar-refractivity contribution in [2.75, 3.05) is 13.7 Å². The summed E-state index contributed by atoms with van der Waals surface area (Å²) in [7, 11) is 1.53. The van der Waals surface area contributed by atoms with Gasteiger partial charge in [0.25, 0.3) is 0 Å². The predicted octanol–water partition coefficient (Wildman–Crippen LogP) is 6.02. The number of amides is 1. The number of rotatable bonds is 9. The number of Topliss-reactive ketones (excluding diaryl/α,β-unsaturated/α-hetero) is 1. The Kier molecular flexibility index (Phi) is 7.84. The Hall–Kier alpha value is -4.37. The minimum Gasteiger partial charge on any atom is -0.494 e. The van der Waals surface area contributed by atoms with E-state index in [-0.39, 0.29) is 37.2 Å². The maximum Gasteiger partial charge on any atom is 0.234 e. The zero-order chi connectivity index (χ0) is 31.1. The number of pyridine rings is 2. The Morgan fingerprint density at radius 2 is 1.91 bits per heavy atom. The third kappa shape index (κ3) is 5.52. The number of ketones is 1. The van der Waals surface area contributed by atoms with Gasteiger partial charge in [-0.05, 0) is 81.6 Å². The van der Waals surface area contributed by atoms with Crippen LogP contribution in [0.15, 0.2) is 60.8 Å². The molecular formula is C35H36FN3O5. The van der Waals surface area contributed by atoms with Crippen molar-refractivity contribution in [1.29, 1.82) is 0 Å². The fourth-order valence-electron chi connectivity index (χ4n) is 6.17. The first-order valence-electron chi connectivity index (χ1n) is 15.0. The maximum absolute atomic E-state index is 13.8. The first kappa shape index (κ1) is 29.7. The molecule has 2 aromatic heterocycles. The minimum atomic E-state index is -1.53. The average Bonchev–Trinajstić information content (AvgIpc) is 3.67. The van der Waals surface area contributed by atoms with E-state index in [9.17, 15) is 19.1 Å². The third-order valence-electron chi connectivity index (χ3n) is 8.98. The summed E-state index contributed by atoms with van der Waals surface area (Å²) < 4.78 is 25.4. The highest BCUT2D eigenvalue weighted by Gasteiger charge is 2.46. The van der Waals surface area contributed by atoms with Gasteiger partial charge in [0.2, 0.25) is 5.91 Å². The highest BCUT2D eigenvalue weighted by molar-refractivity contribution is 6.01. The molecule has 2 aromatic carbocycles. The fourth-order valence-corrected chi connectivity index (χ4v) is 6.17. The molecule has 2 N–H and O–H groups in total. The molecule has 1 saturated carbocycles. The van der Waals surface area contributed by atoms with Crippen molar-refractivity contribution in [3.8, 4) is 22.8 Å². The smallest absolute Gasteiger partial charge is 0.234 e. The van der Waals surface area contributed by atoms with Gasteiger partial charge >= 0.3 is 0 Å². The molecule has 1 aliphatic heterocycles. The number of benzene rings is 2. The lowest BCUT2D eigenvalue weighted by Gasteiger charge is -2.27. The number of fused-ring (bicyclic) bond motifs is 2. The number of halogens is 1. The molecule has 1 aliphatic carbocycles. The fraction of sp³-hybridized carbons (Fsp3) is 0.371. The molecule has 6 rings (SSSR count). The van der Waals surface area contributed by atoms with Crippen molar-refractivity contribution in [3.05, 3.63) is 83.4 Å². The van der Waals surface area contributed by atoms with Crippen LogP contribution in [0.4, 0.5) is 4.39 Å². The number of aromatic nitrogens is 2. The highest BCUT2D eigenvalue weighted by Crippen LogP contribution is 2.46. The summed E-state index contributed by atoms with van der Waals surface area (Å²) in [6.07, 6.45) is 5.83. The van der Waals surface area contributed by atoms with Crippen LogP contribution in [-0.4, -0.2) is 46.5 Å². The standard InChI is InChI=1S/C35H36FN3O5/c1-34(33(41)38-25-8-4-5-9-25)20-44-32-26(34)19-29(39-31(32)21-10-12-24(36)13-11-21)35(2,42)15-14-27(40)23-17-22-7-6-16-37-30(22)28(18-23)43-3/h6-7,10-13,16-19,25,42H,4-5,8-9,14-15,20H2,1-3H3,(H,38,41)/t34-,35-/m0/s1. The van der Waals surface area contributed by atoms with Crippen molar-refractivity contribution in [2.24, 2.45) is 0 Å². The summed E-state index contributed by atoms with van der Waals surface area (Å²) in [6, 6.07) is 14.8. The van der Waals surface area contributed by atoms with E-state index in [1.165, 1.54) is 19.2 Å². The van der Waals surface area contributed by atoms with Gasteiger partial charge in [-0.15, -0.1) is 0 Å². The van der Waals surface area contributed by atoms with Gasteiger partial charge in [0.05, 0.1) is 12.8 Å². The lowest BCUT2D eigenvalue weighted by atomic mass is 9.81. The van der Waals surface area contributed by atoms with E-state index in [1.54, 1.807) is 49.5 Å². The lowest BCUT2D eigenvalue weighted by Crippen LogP contribution is -2.47. The van der Waals surface area contributed by atoms with Crippen LogP contribution in [0, 0.1) is 5.82 Å². The molecule has 0 saturated heterocycles. The molecule has 44 heavy (non-hydrogen) atoms. The number of hydrogen-bond acceptors (Lipinski definition) is 7. The third-order valence-corrected chi connectivity index (χ3v) is 8.98. The quantitative estimate of drug-likeness (QED) is 0.227. The number of hydrogen-bond donors (Lipinski definition) is 2. The normalized spacial score (nSPS) is 19.3. The monoisotopic (exact) mass is 597 g/mol. The Morgan fingerprint density at radius 3 is 2.64 bits per heavy atom. The molecule has 0 radical (unpaired) electrons. The molecule has 2 atom stereocenters. The van der Waals surface area contributed by atoms with Gasteiger partial charge in [-0.25, -0.2) is 9.37 Å². The van der Waals surface area contributed by atoms with Crippen LogP contribution in [0.1, 0.15) is 74.0 Å². The topological polar surface area (TPSA) is 111 Å². The van der Waals surface area contributed by atoms with Crippen molar-refractivity contribution < 1.29 is 28.6 Å². The molecular weight excluding hydrogens is 561 g/mol. The Morgan fingerprint density at radius 1 is 1.16 bits per heavy atom. The predicted molar refractivity (Wildman–Crippen MR) is 164 cm³/mol. The van der Waals surface area contributed by atoms with E-state index in [4.69, 9.17) is 14.5 Å². The first-order valence-corrected chi connectivity index (χ1v) is 15.0. The Balaban J connectivity index is 1.33. The van der Waals surface area contributed by atoms with Crippen LogP contribution in [0.2, 0.25) is 0 Å². The Bertz CT molecular complexity index is 1730. The first-order chi connectivity index (χ1) is 21.1. The highest BCUT2D eigenvalue weighted by atomic mass is 19.1. The van der Waals surface area contributed by atoms with E-state index < -0.39 is 16.8 Å². The molecule has 2 aliphatic rings. The summed E-state index contributed by atoms with van der Waals surface area (Å²) in [5.41, 5.74) is 0.471. The molecule has 0 bridgehead atoms. The largest absolute Gasteiger partial charge is 0.494 e. The zero-order valence-electron chi connectivity index (χ0n) is 25.2. The SMILES string of the molecule is COc1cc(C(=O)CC[C@](C)(O)c2cc3c(c(-c4ccc(F)cc4)n2)OC[C@]3(C)C(=O)NC2CCCC2)cc2cccnc12. The second-order valence-electron chi connectivity index (χ2n) is 12.3. The van der Waals surface area contributed by atoms with Crippen LogP contribution >= 0.6 is 0 Å². The van der Waals surface area contributed by atoms with Crippen molar-refractivity contribution in [3.63, 3.8) is 0 Å². The van der Waals surface area contributed by atoms with Crippen LogP contribution in [0.3, 0.4) is 0 Å². The van der Waals surface area contributed by atoms with Crippen LogP contribution in [0.5, 0.6) is 11.5 Å².